The van der Waals surface area contributed by atoms with Crippen LogP contribution < -0.4 is 0 Å². The third-order valence-electron chi connectivity index (χ3n) is 7.77. The van der Waals surface area contributed by atoms with Gasteiger partial charge in [0.05, 0.1) is 11.3 Å². The summed E-state index contributed by atoms with van der Waals surface area (Å²) in [7, 11) is 0. The minimum absolute atomic E-state index is 0.167. The molecule has 3 aliphatic rings. The predicted molar refractivity (Wildman–Crippen MR) is 126 cm³/mol. The van der Waals surface area contributed by atoms with Crippen molar-refractivity contribution in [2.45, 2.75) is 64.2 Å². The van der Waals surface area contributed by atoms with Crippen LogP contribution in [0.15, 0.2) is 24.5 Å². The van der Waals surface area contributed by atoms with E-state index in [1.807, 2.05) is 10.7 Å². The lowest BCUT2D eigenvalue weighted by Gasteiger charge is -2.26. The third-order valence-corrected chi connectivity index (χ3v) is 8.88. The highest BCUT2D eigenvalue weighted by Gasteiger charge is 2.59. The molecule has 2 aromatic heterocycles. The summed E-state index contributed by atoms with van der Waals surface area (Å²) < 4.78 is 41.5. The second-order valence-electron chi connectivity index (χ2n) is 10.2. The highest BCUT2D eigenvalue weighted by molar-refractivity contribution is 7.99. The van der Waals surface area contributed by atoms with Crippen molar-refractivity contribution >= 4 is 11.8 Å². The fourth-order valence-corrected chi connectivity index (χ4v) is 6.95. The molecule has 5 rings (SSSR count). The summed E-state index contributed by atoms with van der Waals surface area (Å²) in [6, 6.07) is 4.05. The first-order chi connectivity index (χ1) is 15.8. The van der Waals surface area contributed by atoms with Gasteiger partial charge in [0.25, 0.3) is 0 Å². The number of halogens is 3. The minimum atomic E-state index is -4.40. The van der Waals surface area contributed by atoms with Gasteiger partial charge < -0.3 is 4.90 Å². The molecule has 0 spiro atoms. The van der Waals surface area contributed by atoms with E-state index in [2.05, 4.69) is 42.4 Å². The first kappa shape index (κ1) is 23.2. The largest absolute Gasteiger partial charge is 0.417 e. The monoisotopic (exact) mass is 478 g/mol. The molecule has 1 saturated heterocycles. The van der Waals surface area contributed by atoms with Crippen molar-refractivity contribution in [1.29, 1.82) is 0 Å². The van der Waals surface area contributed by atoms with Crippen LogP contribution in [0.4, 0.5) is 13.2 Å². The Kier molecular flexibility index (Phi) is 6.27. The molecule has 0 N–H and O–H groups in total. The van der Waals surface area contributed by atoms with Crippen LogP contribution in [0.3, 0.4) is 0 Å². The lowest BCUT2D eigenvalue weighted by Crippen LogP contribution is -2.33. The number of rotatable bonds is 7. The van der Waals surface area contributed by atoms with Crippen molar-refractivity contribution in [3.8, 4) is 11.3 Å². The molecule has 4 nitrogen and oxygen atoms in total. The SMILES string of the molecule is CCSCC1CCN(C2CC3C(C2)C3c2cc(-c3cncc(C(F)(F)F)c3)nn2C(C)C)C1. The van der Waals surface area contributed by atoms with Gasteiger partial charge in [-0.3, -0.25) is 9.67 Å². The van der Waals surface area contributed by atoms with Crippen molar-refractivity contribution < 1.29 is 13.2 Å². The molecule has 1 aliphatic heterocycles. The average molecular weight is 479 g/mol. The predicted octanol–water partition coefficient (Wildman–Crippen LogP) is 6.11. The van der Waals surface area contributed by atoms with E-state index in [-0.39, 0.29) is 6.04 Å². The molecule has 3 atom stereocenters. The second-order valence-corrected chi connectivity index (χ2v) is 11.6. The van der Waals surface area contributed by atoms with Crippen LogP contribution in [0.2, 0.25) is 0 Å². The van der Waals surface area contributed by atoms with Gasteiger partial charge in [-0.15, -0.1) is 0 Å². The first-order valence-corrected chi connectivity index (χ1v) is 13.4. The van der Waals surface area contributed by atoms with Crippen molar-refractivity contribution in [2.24, 2.45) is 17.8 Å². The molecule has 3 unspecified atom stereocenters. The fraction of sp³-hybridized carbons (Fsp3) is 0.680. The molecule has 2 aliphatic carbocycles. The lowest BCUT2D eigenvalue weighted by atomic mass is 10.0. The molecule has 2 saturated carbocycles. The molecule has 0 radical (unpaired) electrons. The Bertz CT molecular complexity index is 976. The number of hydrogen-bond donors (Lipinski definition) is 0. The molecule has 33 heavy (non-hydrogen) atoms. The normalized spacial score (nSPS) is 29.7. The number of likely N-dealkylation sites (tertiary alicyclic amines) is 1. The maximum atomic E-state index is 13.2. The van der Waals surface area contributed by atoms with E-state index in [9.17, 15) is 13.2 Å². The lowest BCUT2D eigenvalue weighted by molar-refractivity contribution is -0.137. The Labute approximate surface area is 198 Å². The molecule has 3 heterocycles. The molecule has 0 bridgehead atoms. The van der Waals surface area contributed by atoms with E-state index in [1.54, 1.807) is 0 Å². The maximum Gasteiger partial charge on any atom is 0.417 e. The number of alkyl halides is 3. The van der Waals surface area contributed by atoms with Crippen molar-refractivity contribution in [3.63, 3.8) is 0 Å². The van der Waals surface area contributed by atoms with Gasteiger partial charge in [-0.05, 0) is 81.0 Å². The number of nitrogens with zero attached hydrogens (tertiary/aromatic N) is 4. The topological polar surface area (TPSA) is 34.0 Å². The number of aromatic nitrogens is 3. The summed E-state index contributed by atoms with van der Waals surface area (Å²) in [5, 5.41) is 4.72. The molecular weight excluding hydrogens is 445 g/mol. The number of fused-ring (bicyclic) bond motifs is 1. The van der Waals surface area contributed by atoms with Gasteiger partial charge in [-0.2, -0.15) is 30.0 Å². The Balaban J connectivity index is 1.29. The van der Waals surface area contributed by atoms with Gasteiger partial charge in [-0.25, -0.2) is 0 Å². The van der Waals surface area contributed by atoms with E-state index in [0.717, 1.165) is 18.2 Å². The van der Waals surface area contributed by atoms with Crippen molar-refractivity contribution in [3.05, 3.63) is 35.8 Å². The average Bonchev–Trinajstić information content (AvgIpc) is 3.26. The summed E-state index contributed by atoms with van der Waals surface area (Å²) in [5.41, 5.74) is 1.48. The Morgan fingerprint density at radius 3 is 2.58 bits per heavy atom. The van der Waals surface area contributed by atoms with Gasteiger partial charge in [-0.1, -0.05) is 6.92 Å². The number of hydrogen-bond acceptors (Lipinski definition) is 4. The molecule has 8 heteroatoms. The number of pyridine rings is 1. The van der Waals surface area contributed by atoms with E-state index in [4.69, 9.17) is 5.10 Å². The molecule has 0 aromatic carbocycles. The zero-order valence-corrected chi connectivity index (χ0v) is 20.4. The van der Waals surface area contributed by atoms with Gasteiger partial charge in [0.15, 0.2) is 0 Å². The summed E-state index contributed by atoms with van der Waals surface area (Å²) >= 11 is 2.06. The van der Waals surface area contributed by atoms with E-state index in [0.29, 0.717) is 35.1 Å². The first-order valence-electron chi connectivity index (χ1n) is 12.2. The van der Waals surface area contributed by atoms with Crippen LogP contribution in [0, 0.1) is 17.8 Å². The smallest absolute Gasteiger partial charge is 0.300 e. The Morgan fingerprint density at radius 2 is 1.91 bits per heavy atom. The van der Waals surface area contributed by atoms with Gasteiger partial charge >= 0.3 is 6.18 Å². The second kappa shape index (κ2) is 8.91. The van der Waals surface area contributed by atoms with Crippen molar-refractivity contribution in [1.82, 2.24) is 19.7 Å². The summed E-state index contributed by atoms with van der Waals surface area (Å²) in [6.45, 7) is 8.90. The van der Waals surface area contributed by atoms with Crippen LogP contribution >= 0.6 is 11.8 Å². The molecule has 3 fully saturated rings. The van der Waals surface area contributed by atoms with Crippen LogP contribution in [0.5, 0.6) is 0 Å². The quantitative estimate of drug-likeness (QED) is 0.481. The third kappa shape index (κ3) is 4.57. The number of thioether (sulfide) groups is 1. The van der Waals surface area contributed by atoms with Crippen LogP contribution in [0.25, 0.3) is 11.3 Å². The van der Waals surface area contributed by atoms with E-state index < -0.39 is 11.7 Å². The zero-order chi connectivity index (χ0) is 23.3. The molecule has 0 amide bonds. The fourth-order valence-electron chi connectivity index (χ4n) is 6.11. The van der Waals surface area contributed by atoms with Crippen molar-refractivity contribution in [2.75, 3.05) is 24.6 Å². The summed E-state index contributed by atoms with van der Waals surface area (Å²) in [4.78, 5) is 6.56. The minimum Gasteiger partial charge on any atom is -0.300 e. The maximum absolute atomic E-state index is 13.2. The van der Waals surface area contributed by atoms with Gasteiger partial charge in [0.1, 0.15) is 0 Å². The highest BCUT2D eigenvalue weighted by Crippen LogP contribution is 2.64. The molecule has 180 valence electrons. The Hall–Kier alpha value is -1.54. The van der Waals surface area contributed by atoms with Crippen LogP contribution in [-0.2, 0) is 6.18 Å². The van der Waals surface area contributed by atoms with Gasteiger partial charge in [0, 0.05) is 48.2 Å². The van der Waals surface area contributed by atoms with Gasteiger partial charge in [0.2, 0.25) is 0 Å². The van der Waals surface area contributed by atoms with Crippen LogP contribution in [-0.4, -0.2) is 50.3 Å². The van der Waals surface area contributed by atoms with Crippen LogP contribution in [0.1, 0.15) is 63.3 Å². The van der Waals surface area contributed by atoms with E-state index >= 15 is 0 Å². The highest BCUT2D eigenvalue weighted by atomic mass is 32.2. The summed E-state index contributed by atoms with van der Waals surface area (Å²) in [5.74, 6) is 5.18. The molecule has 2 aromatic rings. The molecular formula is C25H33F3N4S. The zero-order valence-electron chi connectivity index (χ0n) is 19.6. The van der Waals surface area contributed by atoms with E-state index in [1.165, 1.54) is 55.7 Å². The Morgan fingerprint density at radius 1 is 1.15 bits per heavy atom. The summed E-state index contributed by atoms with van der Waals surface area (Å²) in [6.07, 6.45) is 1.77. The standard InChI is InChI=1S/C25H33F3N4S/c1-4-33-14-16-5-6-31(13-16)19-8-20-21(9-19)24(20)23-10-22(30-32(23)15(2)3)17-7-18(12-29-11-17)25(26,27)28/h7,10-12,15-16,19-21,24H,4-6,8-9,13-14H2,1-3H3.